The molecule has 0 saturated heterocycles. The Labute approximate surface area is 165 Å². The minimum absolute atomic E-state index is 0.0495. The molecule has 1 heterocycles. The van der Waals surface area contributed by atoms with E-state index in [2.05, 4.69) is 6.58 Å². The highest BCUT2D eigenvalue weighted by Crippen LogP contribution is 2.27. The minimum atomic E-state index is -0.862. The lowest BCUT2D eigenvalue weighted by Gasteiger charge is -2.07. The van der Waals surface area contributed by atoms with Crippen LogP contribution in [0.4, 0.5) is 4.79 Å². The van der Waals surface area contributed by atoms with Gasteiger partial charge in [-0.2, -0.15) is 0 Å². The quantitative estimate of drug-likeness (QED) is 0.201. The molecule has 0 amide bonds. The maximum atomic E-state index is 12.5. The van der Waals surface area contributed by atoms with Crippen LogP contribution in [-0.4, -0.2) is 25.3 Å². The number of hydrogen-bond donors (Lipinski definition) is 0. The van der Waals surface area contributed by atoms with Gasteiger partial charge in [-0.15, -0.1) is 11.3 Å². The zero-order chi connectivity index (χ0) is 20.1. The first-order valence-corrected chi connectivity index (χ1v) is 9.40. The lowest BCUT2D eigenvalue weighted by molar-refractivity contribution is -0.139. The molecular formula is C21H18O6S. The maximum Gasteiger partial charge on any atom is 0.513 e. The van der Waals surface area contributed by atoms with Gasteiger partial charge < -0.3 is 14.2 Å². The van der Waals surface area contributed by atoms with Crippen molar-refractivity contribution in [3.8, 4) is 5.75 Å². The zero-order valence-corrected chi connectivity index (χ0v) is 16.0. The average Bonchev–Trinajstić information content (AvgIpc) is 2.67. The molecule has 7 heteroatoms. The van der Waals surface area contributed by atoms with Crippen LogP contribution >= 0.6 is 11.3 Å². The molecule has 0 atom stereocenters. The molecule has 0 aliphatic heterocycles. The molecule has 144 valence electrons. The van der Waals surface area contributed by atoms with E-state index in [9.17, 15) is 14.4 Å². The van der Waals surface area contributed by atoms with Gasteiger partial charge in [-0.05, 0) is 37.3 Å². The normalized spacial score (nSPS) is 10.6. The summed E-state index contributed by atoms with van der Waals surface area (Å²) in [5.74, 6) is -0.192. The number of hydrogen-bond acceptors (Lipinski definition) is 7. The van der Waals surface area contributed by atoms with Crippen LogP contribution in [0, 0.1) is 0 Å². The smallest absolute Gasteiger partial charge is 0.462 e. The van der Waals surface area contributed by atoms with Gasteiger partial charge >= 0.3 is 12.1 Å². The van der Waals surface area contributed by atoms with E-state index in [1.165, 1.54) is 11.3 Å². The third-order valence-electron chi connectivity index (χ3n) is 3.84. The molecule has 3 aromatic rings. The topological polar surface area (TPSA) is 78.9 Å². The zero-order valence-electron chi connectivity index (χ0n) is 15.2. The summed E-state index contributed by atoms with van der Waals surface area (Å²) in [6, 6.07) is 12.2. The fourth-order valence-electron chi connectivity index (χ4n) is 2.47. The summed E-state index contributed by atoms with van der Waals surface area (Å²) in [4.78, 5) is 35.6. The Morgan fingerprint density at radius 2 is 1.71 bits per heavy atom. The molecule has 0 aliphatic rings. The Morgan fingerprint density at radius 3 is 2.50 bits per heavy atom. The highest BCUT2D eigenvalue weighted by Gasteiger charge is 2.10. The molecule has 2 aromatic carbocycles. The Balaban J connectivity index is 1.60. The van der Waals surface area contributed by atoms with E-state index in [-0.39, 0.29) is 24.4 Å². The predicted octanol–water partition coefficient (Wildman–Crippen LogP) is 4.44. The predicted molar refractivity (Wildman–Crippen MR) is 108 cm³/mol. The molecule has 0 N–H and O–H groups in total. The van der Waals surface area contributed by atoms with Gasteiger partial charge in [0, 0.05) is 32.2 Å². The van der Waals surface area contributed by atoms with Crippen molar-refractivity contribution in [2.24, 2.45) is 0 Å². The van der Waals surface area contributed by atoms with Crippen molar-refractivity contribution in [1.29, 1.82) is 0 Å². The third-order valence-corrected chi connectivity index (χ3v) is 4.97. The van der Waals surface area contributed by atoms with Gasteiger partial charge in [-0.1, -0.05) is 18.7 Å². The molecule has 0 spiro atoms. The molecule has 0 saturated carbocycles. The molecule has 0 aliphatic carbocycles. The van der Waals surface area contributed by atoms with Crippen LogP contribution in [0.25, 0.3) is 20.2 Å². The molecule has 1 aromatic heterocycles. The number of carbonyl (C=O) groups is 2. The van der Waals surface area contributed by atoms with Gasteiger partial charge in [0.25, 0.3) is 0 Å². The van der Waals surface area contributed by atoms with Crippen molar-refractivity contribution in [3.63, 3.8) is 0 Å². The Kier molecular flexibility index (Phi) is 6.06. The van der Waals surface area contributed by atoms with Crippen LogP contribution < -0.4 is 10.2 Å². The second kappa shape index (κ2) is 8.67. The first kappa shape index (κ1) is 19.6. The Morgan fingerprint density at radius 1 is 1.00 bits per heavy atom. The second-order valence-corrected chi connectivity index (χ2v) is 7.14. The third kappa shape index (κ3) is 4.55. The highest BCUT2D eigenvalue weighted by molar-refractivity contribution is 7.24. The van der Waals surface area contributed by atoms with E-state index < -0.39 is 12.1 Å². The number of fused-ring (bicyclic) bond motifs is 2. The van der Waals surface area contributed by atoms with E-state index in [4.69, 9.17) is 14.2 Å². The van der Waals surface area contributed by atoms with Crippen molar-refractivity contribution < 1.29 is 23.8 Å². The summed E-state index contributed by atoms with van der Waals surface area (Å²) in [7, 11) is 0. The molecule has 0 bridgehead atoms. The van der Waals surface area contributed by atoms with Crippen LogP contribution in [0.5, 0.6) is 5.75 Å². The summed E-state index contributed by atoms with van der Waals surface area (Å²) in [6.07, 6.45) is -0.516. The molecule has 0 unspecified atom stereocenters. The van der Waals surface area contributed by atoms with Gasteiger partial charge in [-0.3, -0.25) is 4.79 Å². The number of carbonyl (C=O) groups excluding carboxylic acids is 2. The molecule has 0 fully saturated rings. The summed E-state index contributed by atoms with van der Waals surface area (Å²) < 4.78 is 16.6. The maximum absolute atomic E-state index is 12.5. The molecule has 0 radical (unpaired) electrons. The van der Waals surface area contributed by atoms with Gasteiger partial charge in [0.1, 0.15) is 5.75 Å². The van der Waals surface area contributed by atoms with Gasteiger partial charge in [0.15, 0.2) is 5.43 Å². The minimum Gasteiger partial charge on any atom is -0.462 e. The summed E-state index contributed by atoms with van der Waals surface area (Å²) in [5.41, 5.74) is 0.259. The van der Waals surface area contributed by atoms with Gasteiger partial charge in [0.2, 0.25) is 0 Å². The molecule has 6 nitrogen and oxygen atoms in total. The van der Waals surface area contributed by atoms with Crippen LogP contribution in [0.15, 0.2) is 59.4 Å². The van der Waals surface area contributed by atoms with E-state index in [1.807, 2.05) is 18.2 Å². The first-order valence-electron chi connectivity index (χ1n) is 8.58. The van der Waals surface area contributed by atoms with Crippen LogP contribution in [0.1, 0.15) is 13.3 Å². The van der Waals surface area contributed by atoms with Gasteiger partial charge in [-0.25, -0.2) is 9.59 Å². The lowest BCUT2D eigenvalue weighted by Crippen LogP contribution is -2.14. The van der Waals surface area contributed by atoms with Crippen molar-refractivity contribution in [2.45, 2.75) is 13.3 Å². The first-order chi connectivity index (χ1) is 13.5. The Bertz CT molecular complexity index is 1110. The van der Waals surface area contributed by atoms with Crippen molar-refractivity contribution in [2.75, 3.05) is 13.2 Å². The number of esters is 1. The fourth-order valence-corrected chi connectivity index (χ4v) is 3.57. The lowest BCUT2D eigenvalue weighted by atomic mass is 10.2. The van der Waals surface area contributed by atoms with Crippen molar-refractivity contribution >= 4 is 43.6 Å². The summed E-state index contributed by atoms with van der Waals surface area (Å²) in [6.45, 7) is 5.20. The van der Waals surface area contributed by atoms with Crippen LogP contribution in [0.3, 0.4) is 0 Å². The van der Waals surface area contributed by atoms with E-state index in [0.29, 0.717) is 22.8 Å². The number of benzene rings is 2. The monoisotopic (exact) mass is 398 g/mol. The van der Waals surface area contributed by atoms with Crippen LogP contribution in [-0.2, 0) is 14.3 Å². The number of rotatable bonds is 6. The largest absolute Gasteiger partial charge is 0.513 e. The van der Waals surface area contributed by atoms with E-state index >= 15 is 0 Å². The average molecular weight is 398 g/mol. The Hall–Kier alpha value is -3.19. The second-order valence-electron chi connectivity index (χ2n) is 6.06. The van der Waals surface area contributed by atoms with E-state index in [0.717, 1.165) is 9.40 Å². The molecule has 3 rings (SSSR count). The van der Waals surface area contributed by atoms with Crippen molar-refractivity contribution in [3.05, 3.63) is 64.8 Å². The van der Waals surface area contributed by atoms with Crippen LogP contribution in [0.2, 0.25) is 0 Å². The number of ether oxygens (including phenoxy) is 3. The SMILES string of the molecule is C=C(C)C(=O)OCCCOC(=O)Oc1ccc2c(=O)c3ccccc3sc2c1. The summed E-state index contributed by atoms with van der Waals surface area (Å²) in [5, 5.41) is 1.24. The molecule has 28 heavy (non-hydrogen) atoms. The van der Waals surface area contributed by atoms with E-state index in [1.54, 1.807) is 31.2 Å². The molecular weight excluding hydrogens is 380 g/mol. The van der Waals surface area contributed by atoms with Crippen molar-refractivity contribution in [1.82, 2.24) is 0 Å². The standard InChI is InChI=1S/C21H18O6S/c1-13(2)20(23)25-10-5-11-26-21(24)27-14-8-9-16-18(12-14)28-17-7-4-3-6-15(17)19(16)22/h3-4,6-9,12H,1,5,10-11H2,2H3. The van der Waals surface area contributed by atoms with Gasteiger partial charge in [0.05, 0.1) is 13.2 Å². The fraction of sp³-hybridized carbons (Fsp3) is 0.190. The highest BCUT2D eigenvalue weighted by atomic mass is 32.1. The summed E-state index contributed by atoms with van der Waals surface area (Å²) >= 11 is 1.45.